The van der Waals surface area contributed by atoms with E-state index in [1.165, 1.54) is 11.8 Å². The first kappa shape index (κ1) is 12.8. The van der Waals surface area contributed by atoms with E-state index in [1.54, 1.807) is 36.2 Å². The Bertz CT molecular complexity index is 484. The zero-order valence-corrected chi connectivity index (χ0v) is 11.8. The summed E-state index contributed by atoms with van der Waals surface area (Å²) in [7, 11) is 0. The lowest BCUT2D eigenvalue weighted by Gasteiger charge is -2.03. The molecule has 4 nitrogen and oxygen atoms in total. The van der Waals surface area contributed by atoms with Crippen LogP contribution in [0.15, 0.2) is 31.9 Å². The maximum absolute atomic E-state index is 9.35. The van der Waals surface area contributed by atoms with Crippen molar-refractivity contribution in [3.05, 3.63) is 24.0 Å². The summed E-state index contributed by atoms with van der Waals surface area (Å²) in [4.78, 5) is 5.18. The zero-order valence-electron chi connectivity index (χ0n) is 9.32. The Morgan fingerprint density at radius 3 is 2.59 bits per heavy atom. The summed E-state index contributed by atoms with van der Waals surface area (Å²) in [6, 6.07) is 3.75. The second-order valence-corrected chi connectivity index (χ2v) is 6.59. The third-order valence-electron chi connectivity index (χ3n) is 1.95. The monoisotopic (exact) mass is 285 g/mol. The molecule has 0 aliphatic carbocycles. The topological polar surface area (TPSA) is 58.9 Å². The molecule has 0 amide bonds. The van der Waals surface area contributed by atoms with Crippen molar-refractivity contribution >= 4 is 34.9 Å². The van der Waals surface area contributed by atoms with Crippen LogP contribution in [0.25, 0.3) is 0 Å². The molecule has 0 saturated heterocycles. The molecule has 0 fully saturated rings. The summed E-state index contributed by atoms with van der Waals surface area (Å²) in [5, 5.41) is 17.4. The number of aliphatic hydroxyl groups is 1. The van der Waals surface area contributed by atoms with Gasteiger partial charge in [0.1, 0.15) is 0 Å². The van der Waals surface area contributed by atoms with Gasteiger partial charge >= 0.3 is 0 Å². The van der Waals surface area contributed by atoms with Crippen LogP contribution < -0.4 is 0 Å². The summed E-state index contributed by atoms with van der Waals surface area (Å²) in [5.41, 5.74) is 0.677. The molecule has 0 radical (unpaired) electrons. The lowest BCUT2D eigenvalue weighted by molar-refractivity contribution is 0.194. The number of pyridine rings is 1. The van der Waals surface area contributed by atoms with Crippen LogP contribution in [-0.4, -0.2) is 26.5 Å². The first-order chi connectivity index (χ1) is 8.19. The summed E-state index contributed by atoms with van der Waals surface area (Å²) in [6.45, 7) is 1.70. The summed E-state index contributed by atoms with van der Waals surface area (Å²) < 4.78 is 1.86. The van der Waals surface area contributed by atoms with Gasteiger partial charge in [0, 0.05) is 11.1 Å². The number of hydrogen-bond donors (Lipinski definition) is 1. The molecule has 0 aliphatic heterocycles. The van der Waals surface area contributed by atoms with E-state index >= 15 is 0 Å². The third-order valence-corrected chi connectivity index (χ3v) is 4.88. The highest BCUT2D eigenvalue weighted by Crippen LogP contribution is 2.32. The van der Waals surface area contributed by atoms with Gasteiger partial charge in [0.15, 0.2) is 8.68 Å². The molecule has 2 heterocycles. The van der Waals surface area contributed by atoms with Crippen LogP contribution in [0.5, 0.6) is 0 Å². The van der Waals surface area contributed by atoms with Crippen molar-refractivity contribution in [3.63, 3.8) is 0 Å². The molecule has 90 valence electrons. The van der Waals surface area contributed by atoms with E-state index < -0.39 is 6.10 Å². The van der Waals surface area contributed by atoms with Crippen LogP contribution in [0.2, 0.25) is 0 Å². The predicted octanol–water partition coefficient (Wildman–Crippen LogP) is 2.86. The lowest BCUT2D eigenvalue weighted by atomic mass is 10.2. The zero-order chi connectivity index (χ0) is 12.3. The fourth-order valence-corrected chi connectivity index (χ4v) is 3.50. The highest BCUT2D eigenvalue weighted by Gasteiger charge is 2.07. The van der Waals surface area contributed by atoms with Gasteiger partial charge in [-0.3, -0.25) is 4.98 Å². The molecule has 0 spiro atoms. The Morgan fingerprint density at radius 1 is 1.29 bits per heavy atom. The smallest absolute Gasteiger partial charge is 0.179 e. The first-order valence-electron chi connectivity index (χ1n) is 4.88. The minimum atomic E-state index is -0.529. The molecule has 0 aromatic carbocycles. The fourth-order valence-electron chi connectivity index (χ4n) is 1.12. The van der Waals surface area contributed by atoms with Gasteiger partial charge < -0.3 is 5.11 Å². The number of rotatable bonds is 4. The van der Waals surface area contributed by atoms with E-state index in [1.807, 2.05) is 18.4 Å². The lowest BCUT2D eigenvalue weighted by Crippen LogP contribution is -1.94. The van der Waals surface area contributed by atoms with Crippen molar-refractivity contribution in [2.45, 2.75) is 26.6 Å². The van der Waals surface area contributed by atoms with Crippen LogP contribution in [0, 0.1) is 0 Å². The van der Waals surface area contributed by atoms with Crippen LogP contribution >= 0.6 is 34.9 Å². The molecule has 2 aromatic rings. The number of aromatic nitrogens is 3. The number of aliphatic hydroxyl groups excluding tert-OH is 1. The van der Waals surface area contributed by atoms with E-state index in [-0.39, 0.29) is 0 Å². The van der Waals surface area contributed by atoms with Crippen molar-refractivity contribution < 1.29 is 5.11 Å². The molecule has 2 aromatic heterocycles. The maximum atomic E-state index is 9.35. The van der Waals surface area contributed by atoms with E-state index in [0.29, 0.717) is 5.69 Å². The van der Waals surface area contributed by atoms with Gasteiger partial charge in [0.2, 0.25) is 0 Å². The SMILES string of the molecule is CSc1nnc(Sc2ccc([C@@H](C)O)nc2)s1. The van der Waals surface area contributed by atoms with E-state index in [0.717, 1.165) is 13.6 Å². The van der Waals surface area contributed by atoms with E-state index in [2.05, 4.69) is 15.2 Å². The normalized spacial score (nSPS) is 12.6. The molecule has 0 unspecified atom stereocenters. The van der Waals surface area contributed by atoms with Gasteiger partial charge in [-0.15, -0.1) is 10.2 Å². The Kier molecular flexibility index (Phi) is 4.38. The van der Waals surface area contributed by atoms with Gasteiger partial charge in [-0.1, -0.05) is 34.9 Å². The van der Waals surface area contributed by atoms with Crippen LogP contribution in [-0.2, 0) is 0 Å². The largest absolute Gasteiger partial charge is 0.387 e. The van der Waals surface area contributed by atoms with Gasteiger partial charge in [-0.2, -0.15) is 0 Å². The summed E-state index contributed by atoms with van der Waals surface area (Å²) in [6.07, 6.45) is 3.19. The minimum Gasteiger partial charge on any atom is -0.387 e. The highest BCUT2D eigenvalue weighted by atomic mass is 32.2. The molecule has 2 rings (SSSR count). The van der Waals surface area contributed by atoms with Gasteiger partial charge in [-0.25, -0.2) is 0 Å². The summed E-state index contributed by atoms with van der Waals surface area (Å²) in [5.74, 6) is 0. The molecular formula is C10H11N3OS3. The maximum Gasteiger partial charge on any atom is 0.179 e. The Balaban J connectivity index is 2.08. The van der Waals surface area contributed by atoms with Gasteiger partial charge in [0.05, 0.1) is 11.8 Å². The Labute approximate surface area is 112 Å². The van der Waals surface area contributed by atoms with Gasteiger partial charge in [0.25, 0.3) is 0 Å². The van der Waals surface area contributed by atoms with Gasteiger partial charge in [-0.05, 0) is 25.3 Å². The molecule has 0 aliphatic rings. The van der Waals surface area contributed by atoms with E-state index in [9.17, 15) is 5.11 Å². The number of hydrogen-bond acceptors (Lipinski definition) is 7. The highest BCUT2D eigenvalue weighted by molar-refractivity contribution is 8.03. The standard InChI is InChI=1S/C10H11N3OS3/c1-6(14)8-4-3-7(5-11-8)16-10-13-12-9(15-2)17-10/h3-6,14H,1-2H3/t6-/m1/s1. The Morgan fingerprint density at radius 2 is 2.06 bits per heavy atom. The van der Waals surface area contributed by atoms with Crippen LogP contribution in [0.4, 0.5) is 0 Å². The molecule has 17 heavy (non-hydrogen) atoms. The molecule has 0 bridgehead atoms. The van der Waals surface area contributed by atoms with Crippen LogP contribution in [0.3, 0.4) is 0 Å². The average Bonchev–Trinajstić information content (AvgIpc) is 2.77. The summed E-state index contributed by atoms with van der Waals surface area (Å²) >= 11 is 4.69. The molecule has 0 saturated carbocycles. The van der Waals surface area contributed by atoms with Crippen molar-refractivity contribution in [1.29, 1.82) is 0 Å². The fraction of sp³-hybridized carbons (Fsp3) is 0.300. The minimum absolute atomic E-state index is 0.529. The van der Waals surface area contributed by atoms with Crippen molar-refractivity contribution in [3.8, 4) is 0 Å². The molecule has 7 heteroatoms. The number of nitrogens with zero attached hydrogens (tertiary/aromatic N) is 3. The predicted molar refractivity (Wildman–Crippen MR) is 70.7 cm³/mol. The van der Waals surface area contributed by atoms with Crippen molar-refractivity contribution in [1.82, 2.24) is 15.2 Å². The van der Waals surface area contributed by atoms with Crippen LogP contribution in [0.1, 0.15) is 18.7 Å². The number of thioether (sulfide) groups is 1. The van der Waals surface area contributed by atoms with E-state index in [4.69, 9.17) is 0 Å². The first-order valence-corrected chi connectivity index (χ1v) is 7.74. The van der Waals surface area contributed by atoms with Crippen molar-refractivity contribution in [2.24, 2.45) is 0 Å². The van der Waals surface area contributed by atoms with Crippen molar-refractivity contribution in [2.75, 3.05) is 6.26 Å². The molecule has 1 N–H and O–H groups in total. The third kappa shape index (κ3) is 3.41. The second kappa shape index (κ2) is 5.81. The molecule has 1 atom stereocenters. The average molecular weight is 285 g/mol. The second-order valence-electron chi connectivity index (χ2n) is 3.23. The quantitative estimate of drug-likeness (QED) is 0.872. The Hall–Kier alpha value is -0.630. The molecular weight excluding hydrogens is 274 g/mol.